The van der Waals surface area contributed by atoms with E-state index in [1.54, 1.807) is 11.8 Å². The van der Waals surface area contributed by atoms with Gasteiger partial charge < -0.3 is 5.11 Å². The number of hydrogen-bond acceptors (Lipinski definition) is 2. The average Bonchev–Trinajstić information content (AvgIpc) is 2.44. The minimum atomic E-state index is 0.135. The molecule has 0 saturated carbocycles. The van der Waals surface area contributed by atoms with Gasteiger partial charge in [0.2, 0.25) is 0 Å². The molecule has 0 heterocycles. The van der Waals surface area contributed by atoms with E-state index in [0.29, 0.717) is 11.7 Å². The standard InChI is InChI=1S/C19H28OS/c1-6-10-17(20)19(13-14(3)4)21-18(7-2)16-12-9-8-11-15(16)5/h7-12,14,19-20H,6,13H2,1-5H3/b17-10+,18-7+/t19-/m0/s1. The molecule has 0 fully saturated rings. The van der Waals surface area contributed by atoms with E-state index in [1.165, 1.54) is 16.0 Å². The van der Waals surface area contributed by atoms with E-state index in [1.807, 2.05) is 6.08 Å². The highest BCUT2D eigenvalue weighted by Gasteiger charge is 2.19. The zero-order valence-electron chi connectivity index (χ0n) is 13.9. The molecule has 0 saturated heterocycles. The number of hydrogen-bond donors (Lipinski definition) is 1. The van der Waals surface area contributed by atoms with Gasteiger partial charge in [-0.1, -0.05) is 51.1 Å². The second kappa shape index (κ2) is 8.99. The molecule has 21 heavy (non-hydrogen) atoms. The lowest BCUT2D eigenvalue weighted by Gasteiger charge is -2.21. The SMILES string of the molecule is C/C=C(/S[C@@H](CC(C)C)/C(O)=C\CC)c1ccccc1C. The van der Waals surface area contributed by atoms with Gasteiger partial charge in [-0.25, -0.2) is 0 Å². The summed E-state index contributed by atoms with van der Waals surface area (Å²) in [6.07, 6.45) is 5.94. The maximum atomic E-state index is 10.3. The number of aryl methyl sites for hydroxylation is 1. The summed E-state index contributed by atoms with van der Waals surface area (Å²) < 4.78 is 0. The zero-order valence-corrected chi connectivity index (χ0v) is 14.7. The lowest BCUT2D eigenvalue weighted by atomic mass is 10.1. The van der Waals surface area contributed by atoms with Crippen LogP contribution in [0.1, 0.15) is 51.7 Å². The zero-order chi connectivity index (χ0) is 15.8. The van der Waals surface area contributed by atoms with Crippen molar-refractivity contribution >= 4 is 16.7 Å². The fourth-order valence-corrected chi connectivity index (χ4v) is 3.78. The van der Waals surface area contributed by atoms with Crippen LogP contribution < -0.4 is 0 Å². The lowest BCUT2D eigenvalue weighted by molar-refractivity contribution is 0.375. The van der Waals surface area contributed by atoms with E-state index in [9.17, 15) is 5.11 Å². The van der Waals surface area contributed by atoms with Crippen LogP contribution in [0.2, 0.25) is 0 Å². The van der Waals surface area contributed by atoms with Crippen LogP contribution in [0.3, 0.4) is 0 Å². The first-order valence-electron chi connectivity index (χ1n) is 7.77. The molecule has 0 amide bonds. The Balaban J connectivity index is 3.00. The maximum absolute atomic E-state index is 10.3. The van der Waals surface area contributed by atoms with Crippen molar-refractivity contribution in [3.8, 4) is 0 Å². The van der Waals surface area contributed by atoms with Crippen LogP contribution in [-0.2, 0) is 0 Å². The highest BCUT2D eigenvalue weighted by atomic mass is 32.2. The van der Waals surface area contributed by atoms with E-state index < -0.39 is 0 Å². The van der Waals surface area contributed by atoms with Gasteiger partial charge in [-0.05, 0) is 49.8 Å². The molecule has 1 rings (SSSR count). The van der Waals surface area contributed by atoms with Gasteiger partial charge in [-0.2, -0.15) is 0 Å². The summed E-state index contributed by atoms with van der Waals surface area (Å²) >= 11 is 1.78. The molecule has 0 aliphatic carbocycles. The minimum Gasteiger partial charge on any atom is -0.511 e. The topological polar surface area (TPSA) is 20.2 Å². The van der Waals surface area contributed by atoms with E-state index in [-0.39, 0.29) is 5.25 Å². The molecule has 0 unspecified atom stereocenters. The highest BCUT2D eigenvalue weighted by molar-refractivity contribution is 8.09. The second-order valence-electron chi connectivity index (χ2n) is 5.74. The minimum absolute atomic E-state index is 0.135. The smallest absolute Gasteiger partial charge is 0.102 e. The summed E-state index contributed by atoms with van der Waals surface area (Å²) in [5.41, 5.74) is 2.54. The molecule has 1 aromatic rings. The molecule has 1 aromatic carbocycles. The lowest BCUT2D eigenvalue weighted by Crippen LogP contribution is -2.10. The molecule has 0 bridgehead atoms. The Kier molecular flexibility index (Phi) is 7.66. The van der Waals surface area contributed by atoms with Crippen LogP contribution in [0.4, 0.5) is 0 Å². The highest BCUT2D eigenvalue weighted by Crippen LogP contribution is 2.37. The summed E-state index contributed by atoms with van der Waals surface area (Å²) in [5, 5.41) is 10.5. The molecule has 1 atom stereocenters. The first-order valence-corrected chi connectivity index (χ1v) is 8.65. The van der Waals surface area contributed by atoms with E-state index in [4.69, 9.17) is 0 Å². The second-order valence-corrected chi connectivity index (χ2v) is 6.99. The third-order valence-corrected chi connectivity index (χ3v) is 4.80. The van der Waals surface area contributed by atoms with Gasteiger partial charge in [0.15, 0.2) is 0 Å². The van der Waals surface area contributed by atoms with E-state index in [2.05, 4.69) is 65.0 Å². The molecule has 0 aromatic heterocycles. The van der Waals surface area contributed by atoms with Crippen molar-refractivity contribution in [2.24, 2.45) is 5.92 Å². The summed E-state index contributed by atoms with van der Waals surface area (Å²) in [6.45, 7) is 10.7. The van der Waals surface area contributed by atoms with Gasteiger partial charge in [0, 0.05) is 4.91 Å². The van der Waals surface area contributed by atoms with Gasteiger partial charge >= 0.3 is 0 Å². The van der Waals surface area contributed by atoms with E-state index in [0.717, 1.165) is 12.8 Å². The third kappa shape index (κ3) is 5.62. The molecule has 0 spiro atoms. The average molecular weight is 304 g/mol. The number of aliphatic hydroxyl groups is 1. The van der Waals surface area contributed by atoms with Crippen molar-refractivity contribution in [3.05, 3.63) is 53.3 Å². The molecular formula is C19H28OS. The van der Waals surface area contributed by atoms with Crippen LogP contribution in [0, 0.1) is 12.8 Å². The van der Waals surface area contributed by atoms with Crippen LogP contribution in [0.25, 0.3) is 4.91 Å². The first kappa shape index (κ1) is 17.9. The van der Waals surface area contributed by atoms with Crippen molar-refractivity contribution in [1.29, 1.82) is 0 Å². The molecule has 116 valence electrons. The van der Waals surface area contributed by atoms with Crippen LogP contribution in [-0.4, -0.2) is 10.4 Å². The van der Waals surface area contributed by atoms with Crippen LogP contribution in [0.15, 0.2) is 42.2 Å². The monoisotopic (exact) mass is 304 g/mol. The number of benzene rings is 1. The summed E-state index contributed by atoms with van der Waals surface area (Å²) in [5.74, 6) is 1.08. The summed E-state index contributed by atoms with van der Waals surface area (Å²) in [7, 11) is 0. The Morgan fingerprint density at radius 3 is 2.48 bits per heavy atom. The molecular weight excluding hydrogens is 276 g/mol. The number of rotatable bonds is 7. The molecule has 0 aliphatic rings. The largest absolute Gasteiger partial charge is 0.511 e. The summed E-state index contributed by atoms with van der Waals surface area (Å²) in [6, 6.07) is 8.44. The molecule has 1 N–H and O–H groups in total. The Labute approximate surface area is 134 Å². The fraction of sp³-hybridized carbons (Fsp3) is 0.474. The number of thioether (sulfide) groups is 1. The quantitative estimate of drug-likeness (QED) is 0.592. The molecule has 1 nitrogen and oxygen atoms in total. The van der Waals surface area contributed by atoms with Crippen LogP contribution in [0.5, 0.6) is 0 Å². The van der Waals surface area contributed by atoms with Crippen molar-refractivity contribution in [2.45, 2.75) is 52.7 Å². The predicted octanol–water partition coefficient (Wildman–Crippen LogP) is 6.36. The predicted molar refractivity (Wildman–Crippen MR) is 96.7 cm³/mol. The van der Waals surface area contributed by atoms with Crippen molar-refractivity contribution in [1.82, 2.24) is 0 Å². The van der Waals surface area contributed by atoms with Gasteiger partial charge in [-0.15, -0.1) is 11.8 Å². The Morgan fingerprint density at radius 1 is 1.29 bits per heavy atom. The van der Waals surface area contributed by atoms with Crippen molar-refractivity contribution < 1.29 is 5.11 Å². The van der Waals surface area contributed by atoms with Gasteiger partial charge in [0.05, 0.1) is 5.25 Å². The molecule has 2 heteroatoms. The molecule has 0 aliphatic heterocycles. The van der Waals surface area contributed by atoms with Gasteiger partial charge in [0.1, 0.15) is 5.76 Å². The normalized spacial score (nSPS) is 14.6. The fourth-order valence-electron chi connectivity index (χ4n) is 2.29. The number of allylic oxidation sites excluding steroid dienone is 2. The Hall–Kier alpha value is -1.15. The molecule has 0 radical (unpaired) electrons. The van der Waals surface area contributed by atoms with Gasteiger partial charge in [-0.3, -0.25) is 0 Å². The third-order valence-electron chi connectivity index (χ3n) is 3.37. The van der Waals surface area contributed by atoms with Crippen molar-refractivity contribution in [2.75, 3.05) is 0 Å². The summed E-state index contributed by atoms with van der Waals surface area (Å²) in [4.78, 5) is 1.25. The Bertz CT molecular complexity index is 500. The van der Waals surface area contributed by atoms with Crippen molar-refractivity contribution in [3.63, 3.8) is 0 Å². The number of aliphatic hydroxyl groups excluding tert-OH is 1. The van der Waals surface area contributed by atoms with E-state index >= 15 is 0 Å². The van der Waals surface area contributed by atoms with Crippen LogP contribution >= 0.6 is 11.8 Å². The van der Waals surface area contributed by atoms with Gasteiger partial charge in [0.25, 0.3) is 0 Å². The maximum Gasteiger partial charge on any atom is 0.102 e. The Morgan fingerprint density at radius 2 is 1.95 bits per heavy atom. The first-order chi connectivity index (χ1) is 9.99.